The van der Waals surface area contributed by atoms with Crippen LogP contribution >= 0.6 is 0 Å². The molecule has 0 saturated heterocycles. The maximum Gasteiger partial charge on any atom is 0.231 e. The van der Waals surface area contributed by atoms with E-state index in [1.807, 2.05) is 59.4 Å². The number of fused-ring (bicyclic) bond motifs is 2. The molecule has 0 spiro atoms. The Bertz CT molecular complexity index is 1120. The molecule has 1 aliphatic heterocycles. The summed E-state index contributed by atoms with van der Waals surface area (Å²) in [5, 5.41) is 4.52. The first-order valence-electron chi connectivity index (χ1n) is 9.62. The summed E-state index contributed by atoms with van der Waals surface area (Å²) < 4.78 is 12.7. The van der Waals surface area contributed by atoms with Crippen LogP contribution in [0.4, 0.5) is 0 Å². The van der Waals surface area contributed by atoms with Crippen LogP contribution in [-0.4, -0.2) is 28.6 Å². The second kappa shape index (κ2) is 6.58. The summed E-state index contributed by atoms with van der Waals surface area (Å²) in [6, 6.07) is 15.4. The van der Waals surface area contributed by atoms with Gasteiger partial charge in [0, 0.05) is 18.1 Å². The van der Waals surface area contributed by atoms with Crippen LogP contribution in [0.3, 0.4) is 0 Å². The summed E-state index contributed by atoms with van der Waals surface area (Å²) in [6.07, 6.45) is 3.95. The molecule has 0 saturated carbocycles. The minimum Gasteiger partial charge on any atom is -0.454 e. The van der Waals surface area contributed by atoms with E-state index in [1.54, 1.807) is 6.20 Å². The van der Waals surface area contributed by atoms with Gasteiger partial charge in [-0.15, -0.1) is 0 Å². The molecule has 146 valence electrons. The van der Waals surface area contributed by atoms with E-state index in [0.29, 0.717) is 12.0 Å². The van der Waals surface area contributed by atoms with Gasteiger partial charge in [-0.3, -0.25) is 9.79 Å². The van der Waals surface area contributed by atoms with Crippen LogP contribution in [0.25, 0.3) is 5.69 Å². The number of carbonyl (C=O) groups excluding carboxylic acids is 1. The molecule has 1 unspecified atom stereocenters. The number of hydrogen-bond donors (Lipinski definition) is 0. The third-order valence-corrected chi connectivity index (χ3v) is 5.49. The predicted octanol–water partition coefficient (Wildman–Crippen LogP) is 4.37. The Morgan fingerprint density at radius 1 is 1.14 bits per heavy atom. The fourth-order valence-corrected chi connectivity index (χ4v) is 4.01. The molecule has 0 amide bonds. The van der Waals surface area contributed by atoms with E-state index in [1.165, 1.54) is 0 Å². The molecule has 1 aliphatic carbocycles. The standard InChI is InChI=1S/C23H21N3O3/c1-23(2)11-18(27)17-13-25-26(16-6-4-3-5-7-16)21(17)22(23)24-12-15-8-9-19-20(10-15)29-14-28-19/h3-10,12-13,22H,11,14H2,1-2H3. The largest absolute Gasteiger partial charge is 0.454 e. The smallest absolute Gasteiger partial charge is 0.231 e. The fourth-order valence-electron chi connectivity index (χ4n) is 4.01. The Morgan fingerprint density at radius 3 is 2.76 bits per heavy atom. The number of benzene rings is 2. The van der Waals surface area contributed by atoms with Crippen molar-refractivity contribution in [1.29, 1.82) is 0 Å². The van der Waals surface area contributed by atoms with Crippen molar-refractivity contribution >= 4 is 12.0 Å². The molecular formula is C23H21N3O3. The monoisotopic (exact) mass is 387 g/mol. The van der Waals surface area contributed by atoms with E-state index in [0.717, 1.165) is 28.4 Å². The number of hydrogen-bond acceptors (Lipinski definition) is 5. The van der Waals surface area contributed by atoms with Gasteiger partial charge in [-0.25, -0.2) is 4.68 Å². The lowest BCUT2D eigenvalue weighted by Crippen LogP contribution is -2.32. The van der Waals surface area contributed by atoms with Gasteiger partial charge in [0.05, 0.1) is 29.2 Å². The maximum atomic E-state index is 12.8. The van der Waals surface area contributed by atoms with Crippen molar-refractivity contribution in [2.24, 2.45) is 10.4 Å². The first-order valence-corrected chi connectivity index (χ1v) is 9.62. The number of aromatic nitrogens is 2. The van der Waals surface area contributed by atoms with Crippen LogP contribution < -0.4 is 9.47 Å². The fraction of sp³-hybridized carbons (Fsp3) is 0.261. The van der Waals surface area contributed by atoms with E-state index in [-0.39, 0.29) is 24.0 Å². The van der Waals surface area contributed by atoms with E-state index >= 15 is 0 Å². The zero-order valence-electron chi connectivity index (χ0n) is 16.3. The summed E-state index contributed by atoms with van der Waals surface area (Å²) in [5.41, 5.74) is 3.01. The molecule has 0 bridgehead atoms. The topological polar surface area (TPSA) is 65.7 Å². The number of para-hydroxylation sites is 1. The Hall–Kier alpha value is -3.41. The van der Waals surface area contributed by atoms with Crippen LogP contribution in [0, 0.1) is 5.41 Å². The number of rotatable bonds is 3. The third kappa shape index (κ3) is 3.01. The number of ketones is 1. The van der Waals surface area contributed by atoms with E-state index in [4.69, 9.17) is 14.5 Å². The molecule has 0 N–H and O–H groups in total. The highest BCUT2D eigenvalue weighted by Gasteiger charge is 2.42. The zero-order valence-corrected chi connectivity index (χ0v) is 16.3. The highest BCUT2D eigenvalue weighted by molar-refractivity contribution is 5.99. The molecule has 6 heteroatoms. The normalized spacial score (nSPS) is 19.5. The minimum absolute atomic E-state index is 0.113. The Morgan fingerprint density at radius 2 is 1.93 bits per heavy atom. The summed E-state index contributed by atoms with van der Waals surface area (Å²) in [7, 11) is 0. The van der Waals surface area contributed by atoms with Crippen molar-refractivity contribution in [2.45, 2.75) is 26.3 Å². The highest BCUT2D eigenvalue weighted by Crippen LogP contribution is 2.46. The van der Waals surface area contributed by atoms with Gasteiger partial charge in [0.15, 0.2) is 17.3 Å². The molecule has 0 fully saturated rings. The van der Waals surface area contributed by atoms with Gasteiger partial charge in [0.25, 0.3) is 0 Å². The van der Waals surface area contributed by atoms with Gasteiger partial charge in [-0.2, -0.15) is 5.10 Å². The molecule has 6 nitrogen and oxygen atoms in total. The van der Waals surface area contributed by atoms with Gasteiger partial charge in [-0.05, 0) is 35.9 Å². The van der Waals surface area contributed by atoms with Gasteiger partial charge >= 0.3 is 0 Å². The minimum atomic E-state index is -0.330. The van der Waals surface area contributed by atoms with Crippen LogP contribution in [-0.2, 0) is 0 Å². The lowest BCUT2D eigenvalue weighted by molar-refractivity contribution is 0.0884. The number of Topliss-reactive ketones (excluding diaryl/α,β-unsaturated/α-hetero) is 1. The number of aliphatic imine (C=N–C) groups is 1. The van der Waals surface area contributed by atoms with Crippen molar-refractivity contribution in [2.75, 3.05) is 6.79 Å². The molecule has 2 aromatic carbocycles. The van der Waals surface area contributed by atoms with Crippen LogP contribution in [0.5, 0.6) is 11.5 Å². The number of nitrogens with zero attached hydrogens (tertiary/aromatic N) is 3. The molecule has 2 aliphatic rings. The molecule has 29 heavy (non-hydrogen) atoms. The number of carbonyl (C=O) groups is 1. The first-order chi connectivity index (χ1) is 14.0. The van der Waals surface area contributed by atoms with Gasteiger partial charge in [0.2, 0.25) is 6.79 Å². The molecule has 1 aromatic heterocycles. The number of ether oxygens (including phenoxy) is 2. The van der Waals surface area contributed by atoms with Gasteiger partial charge in [-0.1, -0.05) is 32.0 Å². The Balaban J connectivity index is 1.58. The zero-order chi connectivity index (χ0) is 20.0. The predicted molar refractivity (Wildman–Crippen MR) is 109 cm³/mol. The SMILES string of the molecule is CC1(C)CC(=O)c2cnn(-c3ccccc3)c2C1N=Cc1ccc2c(c1)OCO2. The lowest BCUT2D eigenvalue weighted by atomic mass is 9.72. The van der Waals surface area contributed by atoms with Crippen LogP contribution in [0.15, 0.2) is 59.7 Å². The third-order valence-electron chi connectivity index (χ3n) is 5.49. The average molecular weight is 387 g/mol. The Kier molecular flexibility index (Phi) is 4.01. The maximum absolute atomic E-state index is 12.8. The molecule has 1 atom stereocenters. The van der Waals surface area contributed by atoms with Crippen LogP contribution in [0.2, 0.25) is 0 Å². The molecule has 3 aromatic rings. The second-order valence-electron chi connectivity index (χ2n) is 8.07. The van der Waals surface area contributed by atoms with E-state index in [9.17, 15) is 4.79 Å². The molecular weight excluding hydrogens is 366 g/mol. The van der Waals surface area contributed by atoms with Crippen molar-refractivity contribution in [3.8, 4) is 17.2 Å². The molecule has 2 heterocycles. The van der Waals surface area contributed by atoms with Crippen molar-refractivity contribution in [1.82, 2.24) is 9.78 Å². The van der Waals surface area contributed by atoms with E-state index < -0.39 is 0 Å². The summed E-state index contributed by atoms with van der Waals surface area (Å²) >= 11 is 0. The average Bonchev–Trinajstić information content (AvgIpc) is 3.34. The molecule has 5 rings (SSSR count). The van der Waals surface area contributed by atoms with Crippen molar-refractivity contribution in [3.63, 3.8) is 0 Å². The van der Waals surface area contributed by atoms with Crippen molar-refractivity contribution < 1.29 is 14.3 Å². The summed E-state index contributed by atoms with van der Waals surface area (Å²) in [5.74, 6) is 1.58. The highest BCUT2D eigenvalue weighted by atomic mass is 16.7. The van der Waals surface area contributed by atoms with Gasteiger partial charge < -0.3 is 9.47 Å². The quantitative estimate of drug-likeness (QED) is 0.626. The summed E-state index contributed by atoms with van der Waals surface area (Å²) in [4.78, 5) is 17.7. The second-order valence-corrected chi connectivity index (χ2v) is 8.07. The van der Waals surface area contributed by atoms with Crippen LogP contribution in [0.1, 0.15) is 47.9 Å². The lowest BCUT2D eigenvalue weighted by Gasteiger charge is -2.35. The van der Waals surface area contributed by atoms with Gasteiger partial charge in [0.1, 0.15) is 0 Å². The van der Waals surface area contributed by atoms with E-state index in [2.05, 4.69) is 18.9 Å². The van der Waals surface area contributed by atoms with Crippen molar-refractivity contribution in [3.05, 3.63) is 71.5 Å². The summed E-state index contributed by atoms with van der Waals surface area (Å²) in [6.45, 7) is 4.41. The first kappa shape index (κ1) is 17.7. The Labute approximate surface area is 168 Å². The molecule has 0 radical (unpaired) electrons.